The monoisotopic (exact) mass is 380 g/mol. The first kappa shape index (κ1) is 20.8. The van der Waals surface area contributed by atoms with Crippen LogP contribution in [0, 0.1) is 11.8 Å². The molecular weight excluding hydrogens is 344 g/mol. The molecule has 0 spiro atoms. The maximum Gasteiger partial charge on any atom is 0.159 e. The summed E-state index contributed by atoms with van der Waals surface area (Å²) in [5.41, 5.74) is 2.28. The Hall–Kier alpha value is -1.90. The van der Waals surface area contributed by atoms with Gasteiger partial charge in [-0.3, -0.25) is 0 Å². The molecule has 1 saturated carbocycles. The van der Waals surface area contributed by atoms with E-state index in [1.807, 2.05) is 12.4 Å². The van der Waals surface area contributed by atoms with Crippen LogP contribution in [0.5, 0.6) is 5.75 Å². The summed E-state index contributed by atoms with van der Waals surface area (Å²) in [6, 6.07) is 8.24. The van der Waals surface area contributed by atoms with Crippen LogP contribution in [0.25, 0.3) is 11.4 Å². The van der Waals surface area contributed by atoms with Crippen LogP contribution >= 0.6 is 0 Å². The summed E-state index contributed by atoms with van der Waals surface area (Å²) < 4.78 is 6.06. The van der Waals surface area contributed by atoms with Gasteiger partial charge < -0.3 is 4.74 Å². The van der Waals surface area contributed by atoms with E-state index in [9.17, 15) is 0 Å². The summed E-state index contributed by atoms with van der Waals surface area (Å²) in [6.45, 7) is 5.37. The van der Waals surface area contributed by atoms with E-state index in [0.29, 0.717) is 0 Å². The number of hydrogen-bond donors (Lipinski definition) is 0. The lowest BCUT2D eigenvalue weighted by Crippen LogP contribution is -2.20. The Morgan fingerprint density at radius 3 is 2.18 bits per heavy atom. The van der Waals surface area contributed by atoms with Crippen LogP contribution < -0.4 is 4.74 Å². The summed E-state index contributed by atoms with van der Waals surface area (Å²) in [6.07, 6.45) is 16.9. The lowest BCUT2D eigenvalue weighted by Gasteiger charge is -2.28. The van der Waals surface area contributed by atoms with Gasteiger partial charge in [-0.05, 0) is 67.3 Å². The van der Waals surface area contributed by atoms with Crippen LogP contribution in [0.4, 0.5) is 0 Å². The molecule has 1 aromatic heterocycles. The highest BCUT2D eigenvalue weighted by Crippen LogP contribution is 2.32. The van der Waals surface area contributed by atoms with E-state index in [0.717, 1.165) is 42.0 Å². The SMILES string of the molecule is CCCCCc1cnc(-c2ccc(OCC3CCC(CCC)CC3)cc2)nc1. The van der Waals surface area contributed by atoms with E-state index in [4.69, 9.17) is 4.74 Å². The largest absolute Gasteiger partial charge is 0.493 e. The van der Waals surface area contributed by atoms with Gasteiger partial charge in [0.15, 0.2) is 5.82 Å². The molecule has 3 rings (SSSR count). The fourth-order valence-electron chi connectivity index (χ4n) is 4.22. The Balaban J connectivity index is 1.46. The van der Waals surface area contributed by atoms with Gasteiger partial charge in [-0.1, -0.05) is 52.4 Å². The molecule has 0 N–H and O–H groups in total. The number of nitrogens with zero attached hydrogens (tertiary/aromatic N) is 2. The molecule has 3 heteroatoms. The summed E-state index contributed by atoms with van der Waals surface area (Å²) in [5.74, 6) is 3.42. The molecule has 0 radical (unpaired) electrons. The minimum atomic E-state index is 0.719. The lowest BCUT2D eigenvalue weighted by atomic mass is 9.80. The standard InChI is InChI=1S/C25H36N2O/c1-3-5-6-8-22-17-26-25(27-18-22)23-13-15-24(16-14-23)28-19-21-11-9-20(7-4-2)10-12-21/h13-18,20-21H,3-12,19H2,1-2H3. The molecule has 1 heterocycles. The van der Waals surface area contributed by atoms with Crippen molar-refractivity contribution >= 4 is 0 Å². The van der Waals surface area contributed by atoms with Crippen molar-refractivity contribution in [2.45, 2.75) is 78.1 Å². The predicted molar refractivity (Wildman–Crippen MR) is 117 cm³/mol. The van der Waals surface area contributed by atoms with Gasteiger partial charge in [0, 0.05) is 18.0 Å². The third-order valence-electron chi connectivity index (χ3n) is 6.04. The van der Waals surface area contributed by atoms with E-state index >= 15 is 0 Å². The van der Waals surface area contributed by atoms with Gasteiger partial charge in [-0.15, -0.1) is 0 Å². The Morgan fingerprint density at radius 2 is 1.54 bits per heavy atom. The van der Waals surface area contributed by atoms with Crippen molar-refractivity contribution < 1.29 is 4.74 Å². The van der Waals surface area contributed by atoms with Crippen molar-refractivity contribution in [2.75, 3.05) is 6.61 Å². The molecule has 28 heavy (non-hydrogen) atoms. The van der Waals surface area contributed by atoms with Crippen molar-refractivity contribution in [3.05, 3.63) is 42.2 Å². The van der Waals surface area contributed by atoms with Crippen LogP contribution in [-0.2, 0) is 6.42 Å². The number of unbranched alkanes of at least 4 members (excludes halogenated alkanes) is 2. The third-order valence-corrected chi connectivity index (χ3v) is 6.04. The molecule has 0 bridgehead atoms. The van der Waals surface area contributed by atoms with Crippen molar-refractivity contribution in [3.8, 4) is 17.1 Å². The zero-order valence-corrected chi connectivity index (χ0v) is 17.7. The summed E-state index contributed by atoms with van der Waals surface area (Å²) in [7, 11) is 0. The van der Waals surface area contributed by atoms with Crippen LogP contribution in [0.3, 0.4) is 0 Å². The number of ether oxygens (including phenoxy) is 1. The van der Waals surface area contributed by atoms with Crippen molar-refractivity contribution in [1.82, 2.24) is 9.97 Å². The fourth-order valence-corrected chi connectivity index (χ4v) is 4.22. The van der Waals surface area contributed by atoms with Gasteiger partial charge >= 0.3 is 0 Å². The molecule has 1 fully saturated rings. The van der Waals surface area contributed by atoms with Crippen LogP contribution in [0.1, 0.15) is 77.2 Å². The molecule has 1 aromatic carbocycles. The van der Waals surface area contributed by atoms with E-state index in [1.54, 1.807) is 0 Å². The summed E-state index contributed by atoms with van der Waals surface area (Å²) in [4.78, 5) is 9.09. The smallest absolute Gasteiger partial charge is 0.159 e. The molecule has 1 aliphatic carbocycles. The highest BCUT2D eigenvalue weighted by Gasteiger charge is 2.21. The molecule has 1 aliphatic rings. The minimum Gasteiger partial charge on any atom is -0.493 e. The molecule has 0 unspecified atom stereocenters. The molecular formula is C25H36N2O. The van der Waals surface area contributed by atoms with E-state index in [1.165, 1.54) is 63.4 Å². The zero-order chi connectivity index (χ0) is 19.6. The average Bonchev–Trinajstić information content (AvgIpc) is 2.75. The first-order chi connectivity index (χ1) is 13.8. The van der Waals surface area contributed by atoms with Gasteiger partial charge in [0.25, 0.3) is 0 Å². The van der Waals surface area contributed by atoms with Crippen molar-refractivity contribution in [3.63, 3.8) is 0 Å². The molecule has 0 amide bonds. The number of benzene rings is 1. The Labute approximate surface area is 171 Å². The van der Waals surface area contributed by atoms with Gasteiger partial charge in [-0.25, -0.2) is 9.97 Å². The van der Waals surface area contributed by atoms with Gasteiger partial charge in [0.05, 0.1) is 6.61 Å². The Bertz CT molecular complexity index is 673. The first-order valence-corrected chi connectivity index (χ1v) is 11.3. The zero-order valence-electron chi connectivity index (χ0n) is 17.7. The fraction of sp³-hybridized carbons (Fsp3) is 0.600. The number of hydrogen-bond acceptors (Lipinski definition) is 3. The molecule has 3 nitrogen and oxygen atoms in total. The summed E-state index contributed by atoms with van der Waals surface area (Å²) in [5, 5.41) is 0. The predicted octanol–water partition coefficient (Wildman–Crippen LogP) is 6.86. The van der Waals surface area contributed by atoms with Crippen LogP contribution in [0.15, 0.2) is 36.7 Å². The van der Waals surface area contributed by atoms with Gasteiger partial charge in [0.1, 0.15) is 5.75 Å². The minimum absolute atomic E-state index is 0.719. The maximum absolute atomic E-state index is 6.06. The van der Waals surface area contributed by atoms with Crippen molar-refractivity contribution in [1.29, 1.82) is 0 Å². The Morgan fingerprint density at radius 1 is 0.857 bits per heavy atom. The highest BCUT2D eigenvalue weighted by molar-refractivity contribution is 5.55. The number of aryl methyl sites for hydroxylation is 1. The second-order valence-electron chi connectivity index (χ2n) is 8.38. The highest BCUT2D eigenvalue weighted by atomic mass is 16.5. The third kappa shape index (κ3) is 6.32. The van der Waals surface area contributed by atoms with Crippen molar-refractivity contribution in [2.24, 2.45) is 11.8 Å². The Kier molecular flexibility index (Phi) is 8.32. The van der Waals surface area contributed by atoms with Gasteiger partial charge in [0.2, 0.25) is 0 Å². The molecule has 0 saturated heterocycles. The van der Waals surface area contributed by atoms with Crippen LogP contribution in [0.2, 0.25) is 0 Å². The van der Waals surface area contributed by atoms with Crippen LogP contribution in [-0.4, -0.2) is 16.6 Å². The van der Waals surface area contributed by atoms with E-state index in [-0.39, 0.29) is 0 Å². The lowest BCUT2D eigenvalue weighted by molar-refractivity contribution is 0.178. The topological polar surface area (TPSA) is 35.0 Å². The molecule has 0 aliphatic heterocycles. The normalized spacial score (nSPS) is 19.5. The number of aromatic nitrogens is 2. The quantitative estimate of drug-likeness (QED) is 0.422. The number of rotatable bonds is 10. The first-order valence-electron chi connectivity index (χ1n) is 11.3. The van der Waals surface area contributed by atoms with Gasteiger partial charge in [-0.2, -0.15) is 0 Å². The second-order valence-corrected chi connectivity index (χ2v) is 8.38. The molecule has 0 atom stereocenters. The van der Waals surface area contributed by atoms with E-state index < -0.39 is 0 Å². The molecule has 2 aromatic rings. The second kappa shape index (κ2) is 11.2. The van der Waals surface area contributed by atoms with E-state index in [2.05, 4.69) is 48.1 Å². The summed E-state index contributed by atoms with van der Waals surface area (Å²) >= 11 is 0. The maximum atomic E-state index is 6.06. The average molecular weight is 381 g/mol. The molecule has 152 valence electrons.